The molecule has 4 unspecified atom stereocenters. The average molecular weight is 300 g/mol. The van der Waals surface area contributed by atoms with Crippen molar-refractivity contribution in [2.45, 2.75) is 42.6 Å². The van der Waals surface area contributed by atoms with Gasteiger partial charge in [-0.1, -0.05) is 20.8 Å². The molecule has 1 fully saturated rings. The van der Waals surface area contributed by atoms with Crippen LogP contribution in [0.1, 0.15) is 32.4 Å². The average Bonchev–Trinajstić information content (AvgIpc) is 2.40. The van der Waals surface area contributed by atoms with Crippen molar-refractivity contribution in [2.75, 3.05) is 12.3 Å². The van der Waals surface area contributed by atoms with Crippen LogP contribution in [0.2, 0.25) is 0 Å². The van der Waals surface area contributed by atoms with Crippen LogP contribution in [0.25, 0.3) is 0 Å². The molecule has 0 aliphatic carbocycles. The summed E-state index contributed by atoms with van der Waals surface area (Å²) in [5.41, 5.74) is 0.747. The highest BCUT2D eigenvalue weighted by Crippen LogP contribution is 2.41. The Morgan fingerprint density at radius 2 is 2.26 bits per heavy atom. The van der Waals surface area contributed by atoms with Gasteiger partial charge in [-0.15, -0.1) is 0 Å². The normalized spacial score (nSPS) is 29.2. The first-order valence-electron chi connectivity index (χ1n) is 6.73. The minimum absolute atomic E-state index is 0.0699. The van der Waals surface area contributed by atoms with Gasteiger partial charge in [0, 0.05) is 39.3 Å². The molecule has 0 aromatic carbocycles. The van der Waals surface area contributed by atoms with E-state index in [4.69, 9.17) is 0 Å². The van der Waals surface area contributed by atoms with Crippen molar-refractivity contribution < 1.29 is 4.39 Å². The van der Waals surface area contributed by atoms with Crippen molar-refractivity contribution in [3.05, 3.63) is 29.8 Å². The molecule has 1 aromatic heterocycles. The van der Waals surface area contributed by atoms with E-state index in [2.05, 4.69) is 31.1 Å². The molecular weight excluding hydrogens is 279 g/mol. The summed E-state index contributed by atoms with van der Waals surface area (Å²) >= 11 is 3.97. The molecule has 1 aromatic rings. The van der Waals surface area contributed by atoms with E-state index in [1.807, 2.05) is 23.5 Å². The molecule has 5 heteroatoms. The van der Waals surface area contributed by atoms with Crippen LogP contribution < -0.4 is 5.32 Å². The molecule has 19 heavy (non-hydrogen) atoms. The van der Waals surface area contributed by atoms with Gasteiger partial charge in [0.05, 0.1) is 6.20 Å². The van der Waals surface area contributed by atoms with Gasteiger partial charge in [-0.3, -0.25) is 4.98 Å². The van der Waals surface area contributed by atoms with Gasteiger partial charge >= 0.3 is 0 Å². The Kier molecular flexibility index (Phi) is 5.54. The van der Waals surface area contributed by atoms with Crippen LogP contribution in [0.3, 0.4) is 0 Å². The topological polar surface area (TPSA) is 24.9 Å². The van der Waals surface area contributed by atoms with E-state index < -0.39 is 0 Å². The van der Waals surface area contributed by atoms with Crippen molar-refractivity contribution in [2.24, 2.45) is 0 Å². The minimum atomic E-state index is -0.203. The Morgan fingerprint density at radius 3 is 2.89 bits per heavy atom. The first-order chi connectivity index (χ1) is 9.13. The van der Waals surface area contributed by atoms with Gasteiger partial charge in [-0.05, 0) is 12.6 Å². The zero-order valence-corrected chi connectivity index (χ0v) is 13.2. The minimum Gasteiger partial charge on any atom is -0.309 e. The zero-order valence-electron chi connectivity index (χ0n) is 11.6. The predicted molar refractivity (Wildman–Crippen MR) is 83.4 cm³/mol. The third-order valence-corrected chi connectivity index (χ3v) is 7.00. The molecule has 1 aliphatic rings. The number of rotatable bonds is 4. The second-order valence-corrected chi connectivity index (χ2v) is 7.88. The molecular formula is C14H21FN2S2. The summed E-state index contributed by atoms with van der Waals surface area (Å²) in [5.74, 6) is 0.862. The molecule has 4 atom stereocenters. The maximum Gasteiger partial charge on any atom is 0.146 e. The lowest BCUT2D eigenvalue weighted by atomic mass is 10.1. The van der Waals surface area contributed by atoms with E-state index in [0.717, 1.165) is 17.9 Å². The lowest BCUT2D eigenvalue weighted by molar-refractivity contribution is 0.506. The van der Waals surface area contributed by atoms with Gasteiger partial charge in [-0.2, -0.15) is 23.5 Å². The van der Waals surface area contributed by atoms with Crippen molar-refractivity contribution >= 4 is 23.5 Å². The van der Waals surface area contributed by atoms with Crippen LogP contribution >= 0.6 is 23.5 Å². The lowest BCUT2D eigenvalue weighted by Gasteiger charge is -2.36. The van der Waals surface area contributed by atoms with E-state index in [0.29, 0.717) is 15.7 Å². The molecule has 1 aliphatic heterocycles. The Morgan fingerprint density at radius 1 is 1.47 bits per heavy atom. The number of hydrogen-bond acceptors (Lipinski definition) is 4. The molecule has 2 nitrogen and oxygen atoms in total. The number of aromatic nitrogens is 1. The Bertz CT molecular complexity index is 416. The standard InChI is InChI=1S/C14H21FN2S2/c1-4-17-14(11-5-6-16-7-12(11)15)13-8-18-9(2)10(3)19-13/h5-7,9-10,13-14,17H,4,8H2,1-3H3. The number of halogens is 1. The number of nitrogens with zero attached hydrogens (tertiary/aromatic N) is 1. The number of thioether (sulfide) groups is 2. The van der Waals surface area contributed by atoms with Gasteiger partial charge in [0.1, 0.15) is 5.82 Å². The van der Waals surface area contributed by atoms with Gasteiger partial charge in [0.25, 0.3) is 0 Å². The highest BCUT2D eigenvalue weighted by Gasteiger charge is 2.32. The summed E-state index contributed by atoms with van der Waals surface area (Å²) in [5, 5.41) is 5.13. The quantitative estimate of drug-likeness (QED) is 0.920. The van der Waals surface area contributed by atoms with Crippen molar-refractivity contribution in [3.63, 3.8) is 0 Å². The summed E-state index contributed by atoms with van der Waals surface area (Å²) in [6, 6.07) is 1.87. The summed E-state index contributed by atoms with van der Waals surface area (Å²) < 4.78 is 14.0. The van der Waals surface area contributed by atoms with Crippen LogP contribution in [0.15, 0.2) is 18.5 Å². The van der Waals surface area contributed by atoms with Crippen LogP contribution in [0.5, 0.6) is 0 Å². The number of nitrogens with one attached hydrogen (secondary N) is 1. The zero-order chi connectivity index (χ0) is 13.8. The first-order valence-corrected chi connectivity index (χ1v) is 8.72. The summed E-state index contributed by atoms with van der Waals surface area (Å²) in [7, 11) is 0. The molecule has 0 spiro atoms. The summed E-state index contributed by atoms with van der Waals surface area (Å²) in [6.45, 7) is 7.45. The molecule has 0 bridgehead atoms. The van der Waals surface area contributed by atoms with Crippen LogP contribution in [0.4, 0.5) is 4.39 Å². The summed E-state index contributed by atoms with van der Waals surface area (Å²) in [4.78, 5) is 3.84. The highest BCUT2D eigenvalue weighted by molar-refractivity contribution is 8.07. The molecule has 106 valence electrons. The molecule has 1 N–H and O–H groups in total. The van der Waals surface area contributed by atoms with Crippen LogP contribution in [0, 0.1) is 5.82 Å². The Balaban J connectivity index is 2.19. The van der Waals surface area contributed by atoms with E-state index in [-0.39, 0.29) is 11.9 Å². The monoisotopic (exact) mass is 300 g/mol. The highest BCUT2D eigenvalue weighted by atomic mass is 32.2. The smallest absolute Gasteiger partial charge is 0.146 e. The van der Waals surface area contributed by atoms with Gasteiger partial charge in [0.2, 0.25) is 0 Å². The third-order valence-electron chi connectivity index (χ3n) is 3.51. The van der Waals surface area contributed by atoms with Crippen LogP contribution in [-0.2, 0) is 0 Å². The second kappa shape index (κ2) is 6.95. The van der Waals surface area contributed by atoms with Crippen molar-refractivity contribution in [3.8, 4) is 0 Å². The maximum absolute atomic E-state index is 14.0. The molecule has 2 heterocycles. The third kappa shape index (κ3) is 3.64. The molecule has 2 rings (SSSR count). The van der Waals surface area contributed by atoms with E-state index in [1.165, 1.54) is 6.20 Å². The van der Waals surface area contributed by atoms with Crippen LogP contribution in [-0.4, -0.2) is 33.0 Å². The maximum atomic E-state index is 14.0. The van der Waals surface area contributed by atoms with Gasteiger partial charge in [0.15, 0.2) is 0 Å². The molecule has 0 saturated carbocycles. The SMILES string of the molecule is CCNC(c1ccncc1F)C1CSC(C)C(C)S1. The van der Waals surface area contributed by atoms with Gasteiger partial charge < -0.3 is 5.32 Å². The van der Waals surface area contributed by atoms with E-state index in [1.54, 1.807) is 12.3 Å². The second-order valence-electron chi connectivity index (χ2n) is 4.85. The fraction of sp³-hybridized carbons (Fsp3) is 0.643. The largest absolute Gasteiger partial charge is 0.309 e. The number of hydrogen-bond donors (Lipinski definition) is 1. The molecule has 0 amide bonds. The van der Waals surface area contributed by atoms with E-state index in [9.17, 15) is 4.39 Å². The van der Waals surface area contributed by atoms with Gasteiger partial charge in [-0.25, -0.2) is 4.39 Å². The van der Waals surface area contributed by atoms with Crippen molar-refractivity contribution in [1.29, 1.82) is 0 Å². The molecule has 0 radical (unpaired) electrons. The Hall–Kier alpha value is -0.260. The molecule has 1 saturated heterocycles. The Labute approximate surface area is 123 Å². The summed E-state index contributed by atoms with van der Waals surface area (Å²) in [6.07, 6.45) is 2.99. The predicted octanol–water partition coefficient (Wildman–Crippen LogP) is 3.50. The number of pyridine rings is 1. The fourth-order valence-corrected chi connectivity index (χ4v) is 5.39. The lowest BCUT2D eigenvalue weighted by Crippen LogP contribution is -2.37. The van der Waals surface area contributed by atoms with E-state index >= 15 is 0 Å². The fourth-order valence-electron chi connectivity index (χ4n) is 2.28. The van der Waals surface area contributed by atoms with Crippen molar-refractivity contribution in [1.82, 2.24) is 10.3 Å². The first kappa shape index (κ1) is 15.1.